The van der Waals surface area contributed by atoms with Gasteiger partial charge in [-0.05, 0) is 46.0 Å². The highest BCUT2D eigenvalue weighted by Gasteiger charge is 2.21. The van der Waals surface area contributed by atoms with Crippen molar-refractivity contribution < 1.29 is 18.3 Å². The predicted molar refractivity (Wildman–Crippen MR) is 73.0 cm³/mol. The van der Waals surface area contributed by atoms with Crippen LogP contribution in [0.1, 0.15) is 31.1 Å². The van der Waals surface area contributed by atoms with Gasteiger partial charge in [-0.3, -0.25) is 0 Å². The van der Waals surface area contributed by atoms with E-state index in [4.69, 9.17) is 5.11 Å². The van der Waals surface area contributed by atoms with E-state index >= 15 is 0 Å². The molecule has 7 heteroatoms. The van der Waals surface area contributed by atoms with E-state index < -0.39 is 16.0 Å². The van der Waals surface area contributed by atoms with Crippen molar-refractivity contribution in [3.8, 4) is 0 Å². The van der Waals surface area contributed by atoms with Gasteiger partial charge >= 0.3 is 5.97 Å². The lowest BCUT2D eigenvalue weighted by Crippen LogP contribution is -2.29. The number of carbonyl (C=O) groups is 1. The van der Waals surface area contributed by atoms with E-state index in [0.29, 0.717) is 5.69 Å². The second-order valence-electron chi connectivity index (χ2n) is 5.10. The fourth-order valence-corrected chi connectivity index (χ4v) is 2.41. The molecule has 0 aliphatic heterocycles. The fourth-order valence-electron chi connectivity index (χ4n) is 1.49. The van der Waals surface area contributed by atoms with Gasteiger partial charge in [0.05, 0.1) is 11.3 Å². The van der Waals surface area contributed by atoms with Crippen LogP contribution in [0.2, 0.25) is 0 Å². The molecule has 6 nitrogen and oxygen atoms in total. The number of anilines is 1. The van der Waals surface area contributed by atoms with Gasteiger partial charge in [0.2, 0.25) is 10.0 Å². The van der Waals surface area contributed by atoms with E-state index in [0.717, 1.165) is 6.07 Å². The highest BCUT2D eigenvalue weighted by atomic mass is 32.2. The molecular weight excluding hydrogens is 268 g/mol. The maximum atomic E-state index is 11.9. The highest BCUT2D eigenvalue weighted by molar-refractivity contribution is 7.89. The van der Waals surface area contributed by atoms with Crippen molar-refractivity contribution in [3.05, 3.63) is 23.8 Å². The quantitative estimate of drug-likeness (QED) is 0.779. The van der Waals surface area contributed by atoms with Gasteiger partial charge in [-0.25, -0.2) is 17.9 Å². The number of rotatable bonds is 4. The molecule has 0 fully saturated rings. The van der Waals surface area contributed by atoms with Crippen LogP contribution >= 0.6 is 0 Å². The normalized spacial score (nSPS) is 12.2. The molecular formula is C12H18N2O4S. The number of carboxylic acids is 1. The summed E-state index contributed by atoms with van der Waals surface area (Å²) in [5, 5.41) is 12.0. The number of aromatic carboxylic acids is 1. The molecule has 0 aliphatic rings. The van der Waals surface area contributed by atoms with Crippen molar-refractivity contribution in [1.82, 2.24) is 4.72 Å². The van der Waals surface area contributed by atoms with Gasteiger partial charge in [0.1, 0.15) is 4.90 Å². The molecule has 0 aromatic heterocycles. The maximum Gasteiger partial charge on any atom is 0.335 e. The molecule has 3 N–H and O–H groups in total. The van der Waals surface area contributed by atoms with Crippen molar-refractivity contribution in [3.63, 3.8) is 0 Å². The average Bonchev–Trinajstić information content (AvgIpc) is 2.26. The Bertz CT molecular complexity index is 588. The molecule has 0 amide bonds. The zero-order chi connectivity index (χ0) is 14.8. The lowest BCUT2D eigenvalue weighted by molar-refractivity contribution is 0.0696. The van der Waals surface area contributed by atoms with Crippen molar-refractivity contribution in [2.45, 2.75) is 31.2 Å². The first-order valence-corrected chi connectivity index (χ1v) is 7.14. The Morgan fingerprint density at radius 1 is 1.26 bits per heavy atom. The van der Waals surface area contributed by atoms with Crippen LogP contribution in [-0.4, -0.2) is 32.1 Å². The van der Waals surface area contributed by atoms with Gasteiger partial charge in [-0.1, -0.05) is 0 Å². The van der Waals surface area contributed by atoms with Crippen LogP contribution in [0.5, 0.6) is 0 Å². The standard InChI is InChI=1S/C12H18N2O4S/c1-12(2,3)14-9-6-5-8(11(15)16)7-10(9)19(17,18)13-4/h5-7,13-14H,1-4H3,(H,15,16). The second-order valence-corrected chi connectivity index (χ2v) is 6.95. The summed E-state index contributed by atoms with van der Waals surface area (Å²) >= 11 is 0. The summed E-state index contributed by atoms with van der Waals surface area (Å²) in [6.07, 6.45) is 0. The summed E-state index contributed by atoms with van der Waals surface area (Å²) in [4.78, 5) is 10.9. The fraction of sp³-hybridized carbons (Fsp3) is 0.417. The van der Waals surface area contributed by atoms with Crippen molar-refractivity contribution in [2.24, 2.45) is 0 Å². The van der Waals surface area contributed by atoms with Crippen LogP contribution in [0, 0.1) is 0 Å². The largest absolute Gasteiger partial charge is 0.478 e. The van der Waals surface area contributed by atoms with Gasteiger partial charge in [-0.2, -0.15) is 0 Å². The topological polar surface area (TPSA) is 95.5 Å². The van der Waals surface area contributed by atoms with Crippen LogP contribution < -0.4 is 10.0 Å². The Hall–Kier alpha value is -1.60. The second kappa shape index (κ2) is 5.18. The highest BCUT2D eigenvalue weighted by Crippen LogP contribution is 2.25. The van der Waals surface area contributed by atoms with Crippen LogP contribution in [0.25, 0.3) is 0 Å². The first kappa shape index (κ1) is 15.5. The first-order valence-electron chi connectivity index (χ1n) is 5.66. The summed E-state index contributed by atoms with van der Waals surface area (Å²) < 4.78 is 26.1. The minimum atomic E-state index is -3.73. The van der Waals surface area contributed by atoms with Crippen molar-refractivity contribution >= 4 is 21.7 Å². The SMILES string of the molecule is CNS(=O)(=O)c1cc(C(=O)O)ccc1NC(C)(C)C. The van der Waals surface area contributed by atoms with Gasteiger partial charge < -0.3 is 10.4 Å². The molecule has 0 radical (unpaired) electrons. The molecule has 0 bridgehead atoms. The van der Waals surface area contributed by atoms with E-state index in [1.54, 1.807) is 0 Å². The Balaban J connectivity index is 3.44. The van der Waals surface area contributed by atoms with E-state index in [-0.39, 0.29) is 16.0 Å². The van der Waals surface area contributed by atoms with Crippen LogP contribution in [-0.2, 0) is 10.0 Å². The van der Waals surface area contributed by atoms with Crippen molar-refractivity contribution in [2.75, 3.05) is 12.4 Å². The van der Waals surface area contributed by atoms with Gasteiger partial charge in [0, 0.05) is 5.54 Å². The molecule has 0 saturated heterocycles. The molecule has 1 aromatic rings. The molecule has 19 heavy (non-hydrogen) atoms. The van der Waals surface area contributed by atoms with E-state index in [2.05, 4.69) is 10.0 Å². The molecule has 1 aromatic carbocycles. The van der Waals surface area contributed by atoms with E-state index in [1.165, 1.54) is 19.2 Å². The summed E-state index contributed by atoms with van der Waals surface area (Å²) in [5.41, 5.74) is -0.0527. The number of benzene rings is 1. The molecule has 0 aliphatic carbocycles. The Kier molecular flexibility index (Phi) is 4.21. The molecule has 0 spiro atoms. The van der Waals surface area contributed by atoms with E-state index in [1.807, 2.05) is 20.8 Å². The molecule has 0 unspecified atom stereocenters. The van der Waals surface area contributed by atoms with Crippen LogP contribution in [0.15, 0.2) is 23.1 Å². The number of sulfonamides is 1. The molecule has 0 heterocycles. The summed E-state index contributed by atoms with van der Waals surface area (Å²) in [5.74, 6) is -1.17. The predicted octanol–water partition coefficient (Wildman–Crippen LogP) is 1.50. The summed E-state index contributed by atoms with van der Waals surface area (Å²) in [6, 6.07) is 3.96. The number of hydrogen-bond donors (Lipinski definition) is 3. The zero-order valence-corrected chi connectivity index (χ0v) is 12.1. The Morgan fingerprint density at radius 2 is 1.84 bits per heavy atom. The third kappa shape index (κ3) is 3.93. The molecule has 1 rings (SSSR count). The number of carboxylic acid groups (broad SMARTS) is 1. The molecule has 0 atom stereocenters. The first-order chi connectivity index (χ1) is 8.57. The van der Waals surface area contributed by atoms with Gasteiger partial charge in [-0.15, -0.1) is 0 Å². The monoisotopic (exact) mass is 286 g/mol. The lowest BCUT2D eigenvalue weighted by Gasteiger charge is -2.24. The zero-order valence-electron chi connectivity index (χ0n) is 11.3. The third-order valence-corrected chi connectivity index (χ3v) is 3.75. The maximum absolute atomic E-state index is 11.9. The summed E-state index contributed by atoms with van der Waals surface area (Å²) in [6.45, 7) is 5.65. The Labute approximate surface area is 112 Å². The summed E-state index contributed by atoms with van der Waals surface area (Å²) in [7, 11) is -2.45. The minimum Gasteiger partial charge on any atom is -0.478 e. The number of nitrogens with one attached hydrogen (secondary N) is 2. The Morgan fingerprint density at radius 3 is 2.26 bits per heavy atom. The average molecular weight is 286 g/mol. The molecule has 106 valence electrons. The third-order valence-electron chi connectivity index (χ3n) is 2.30. The lowest BCUT2D eigenvalue weighted by atomic mass is 10.1. The smallest absolute Gasteiger partial charge is 0.335 e. The number of hydrogen-bond acceptors (Lipinski definition) is 4. The van der Waals surface area contributed by atoms with Crippen molar-refractivity contribution in [1.29, 1.82) is 0 Å². The van der Waals surface area contributed by atoms with Gasteiger partial charge in [0.25, 0.3) is 0 Å². The minimum absolute atomic E-state index is 0.0757. The van der Waals surface area contributed by atoms with Gasteiger partial charge in [0.15, 0.2) is 0 Å². The van der Waals surface area contributed by atoms with E-state index in [9.17, 15) is 13.2 Å². The molecule has 0 saturated carbocycles. The van der Waals surface area contributed by atoms with Crippen LogP contribution in [0.4, 0.5) is 5.69 Å². The van der Waals surface area contributed by atoms with Crippen LogP contribution in [0.3, 0.4) is 0 Å².